The molecule has 32 heavy (non-hydrogen) atoms. The predicted octanol–water partition coefficient (Wildman–Crippen LogP) is 2.04. The van der Waals surface area contributed by atoms with Gasteiger partial charge in [-0.05, 0) is 68.8 Å². The summed E-state index contributed by atoms with van der Waals surface area (Å²) in [5.41, 5.74) is 8.50. The number of nitrogens with one attached hydrogen (secondary N) is 1. The Hall–Kier alpha value is -3.23. The fourth-order valence-corrected chi connectivity index (χ4v) is 3.89. The zero-order chi connectivity index (χ0) is 22.6. The number of ether oxygens (including phenoxy) is 1. The van der Waals surface area contributed by atoms with Crippen molar-refractivity contribution in [2.24, 2.45) is 5.73 Å². The minimum Gasteiger partial charge on any atom is -0.494 e. The van der Waals surface area contributed by atoms with Crippen LogP contribution in [0.2, 0.25) is 0 Å². The number of aryl methyl sites for hydroxylation is 1. The number of hydrogen-bond donors (Lipinski definition) is 3. The molecule has 4 rings (SSSR count). The van der Waals surface area contributed by atoms with E-state index in [4.69, 9.17) is 10.5 Å². The van der Waals surface area contributed by atoms with Gasteiger partial charge in [0.05, 0.1) is 17.8 Å². The third-order valence-electron chi connectivity index (χ3n) is 5.69. The van der Waals surface area contributed by atoms with Crippen molar-refractivity contribution in [3.05, 3.63) is 59.9 Å². The van der Waals surface area contributed by atoms with Crippen LogP contribution in [0.3, 0.4) is 0 Å². The second-order valence-electron chi connectivity index (χ2n) is 8.24. The molecule has 0 bridgehead atoms. The molecule has 1 aliphatic heterocycles. The molecule has 1 unspecified atom stereocenters. The van der Waals surface area contributed by atoms with Crippen LogP contribution >= 0.6 is 0 Å². The lowest BCUT2D eigenvalue weighted by atomic mass is 10.0. The lowest BCUT2D eigenvalue weighted by molar-refractivity contribution is 0.0576. The lowest BCUT2D eigenvalue weighted by Crippen LogP contribution is -2.45. The first-order valence-electron chi connectivity index (χ1n) is 10.9. The summed E-state index contributed by atoms with van der Waals surface area (Å²) in [6.07, 6.45) is 3.09. The first kappa shape index (κ1) is 22.0. The van der Waals surface area contributed by atoms with Crippen LogP contribution in [0.4, 0.5) is 5.69 Å². The summed E-state index contributed by atoms with van der Waals surface area (Å²) in [4.78, 5) is 23.7. The number of nitrogens with two attached hydrogens (primary N) is 1. The summed E-state index contributed by atoms with van der Waals surface area (Å²) in [5.74, 6) is 0.477. The molecular weight excluding hydrogens is 406 g/mol. The minimum atomic E-state index is -1.01. The van der Waals surface area contributed by atoms with Crippen molar-refractivity contribution in [3.8, 4) is 5.75 Å². The van der Waals surface area contributed by atoms with Gasteiger partial charge in [-0.3, -0.25) is 9.78 Å². The van der Waals surface area contributed by atoms with Crippen LogP contribution in [0.25, 0.3) is 11.0 Å². The Balaban J connectivity index is 1.37. The maximum Gasteiger partial charge on any atom is 0.251 e. The van der Waals surface area contributed by atoms with E-state index in [2.05, 4.69) is 20.2 Å². The van der Waals surface area contributed by atoms with Gasteiger partial charge in [-0.2, -0.15) is 0 Å². The fourth-order valence-electron chi connectivity index (χ4n) is 3.89. The van der Waals surface area contributed by atoms with Crippen LogP contribution in [0.15, 0.2) is 48.7 Å². The smallest absolute Gasteiger partial charge is 0.251 e. The molecule has 1 atom stereocenters. The molecule has 0 saturated carbocycles. The molecule has 8 heteroatoms. The van der Waals surface area contributed by atoms with E-state index in [9.17, 15) is 9.90 Å². The van der Waals surface area contributed by atoms with Crippen LogP contribution in [-0.2, 0) is 0 Å². The van der Waals surface area contributed by atoms with Gasteiger partial charge in [0.2, 0.25) is 0 Å². The van der Waals surface area contributed by atoms with E-state index in [-0.39, 0.29) is 12.5 Å². The topological polar surface area (TPSA) is 114 Å². The van der Waals surface area contributed by atoms with Crippen molar-refractivity contribution in [2.75, 3.05) is 37.7 Å². The normalized spacial score (nSPS) is 18.2. The van der Waals surface area contributed by atoms with Crippen molar-refractivity contribution in [1.82, 2.24) is 15.3 Å². The first-order chi connectivity index (χ1) is 15.5. The third-order valence-corrected chi connectivity index (χ3v) is 5.69. The van der Waals surface area contributed by atoms with E-state index in [0.717, 1.165) is 28.8 Å². The molecule has 168 valence electrons. The SMILES string of the molecule is Cc1ccc2nccc(N3CCC(O)(CNC(=O)c4ccc(OCCCN)cc4)C3)c2n1. The van der Waals surface area contributed by atoms with E-state index < -0.39 is 5.60 Å². The van der Waals surface area contributed by atoms with Crippen LogP contribution in [0, 0.1) is 6.92 Å². The number of amides is 1. The first-order valence-corrected chi connectivity index (χ1v) is 10.9. The number of carbonyl (C=O) groups is 1. The third kappa shape index (κ3) is 4.98. The summed E-state index contributed by atoms with van der Waals surface area (Å²) in [5, 5.41) is 14.0. The van der Waals surface area contributed by atoms with Gasteiger partial charge in [-0.15, -0.1) is 0 Å². The monoisotopic (exact) mass is 435 g/mol. The number of fused-ring (bicyclic) bond motifs is 1. The Morgan fingerprint density at radius 2 is 2.06 bits per heavy atom. The van der Waals surface area contributed by atoms with Gasteiger partial charge in [-0.25, -0.2) is 4.98 Å². The van der Waals surface area contributed by atoms with Gasteiger partial charge >= 0.3 is 0 Å². The Bertz CT molecular complexity index is 1090. The highest BCUT2D eigenvalue weighted by molar-refractivity contribution is 5.94. The van der Waals surface area contributed by atoms with Gasteiger partial charge in [0.25, 0.3) is 5.91 Å². The number of benzene rings is 1. The number of hydrogen-bond acceptors (Lipinski definition) is 7. The van der Waals surface area contributed by atoms with Crippen molar-refractivity contribution in [3.63, 3.8) is 0 Å². The average Bonchev–Trinajstić information content (AvgIpc) is 3.20. The Kier molecular flexibility index (Phi) is 6.53. The van der Waals surface area contributed by atoms with Gasteiger partial charge in [-0.1, -0.05) is 0 Å². The van der Waals surface area contributed by atoms with Crippen molar-refractivity contribution in [1.29, 1.82) is 0 Å². The Morgan fingerprint density at radius 3 is 2.84 bits per heavy atom. The van der Waals surface area contributed by atoms with Gasteiger partial charge in [0.1, 0.15) is 16.9 Å². The zero-order valence-electron chi connectivity index (χ0n) is 18.3. The molecule has 0 spiro atoms. The quantitative estimate of drug-likeness (QED) is 0.464. The number of anilines is 1. The molecular formula is C24H29N5O3. The largest absolute Gasteiger partial charge is 0.494 e. The van der Waals surface area contributed by atoms with Crippen molar-refractivity contribution < 1.29 is 14.6 Å². The van der Waals surface area contributed by atoms with Crippen molar-refractivity contribution in [2.45, 2.75) is 25.4 Å². The van der Waals surface area contributed by atoms with Gasteiger partial charge in [0, 0.05) is 37.1 Å². The van der Waals surface area contributed by atoms with Crippen LogP contribution in [0.1, 0.15) is 28.9 Å². The number of rotatable bonds is 8. The van der Waals surface area contributed by atoms with Gasteiger partial charge < -0.3 is 25.8 Å². The number of pyridine rings is 2. The maximum atomic E-state index is 12.6. The highest BCUT2D eigenvalue weighted by Gasteiger charge is 2.37. The van der Waals surface area contributed by atoms with E-state index in [1.54, 1.807) is 30.5 Å². The number of aromatic nitrogens is 2. The second kappa shape index (κ2) is 9.50. The summed E-state index contributed by atoms with van der Waals surface area (Å²) in [6, 6.07) is 12.8. The van der Waals surface area contributed by atoms with Crippen LogP contribution < -0.4 is 20.7 Å². The second-order valence-corrected chi connectivity index (χ2v) is 8.24. The maximum absolute atomic E-state index is 12.6. The van der Waals surface area contributed by atoms with Crippen LogP contribution in [0.5, 0.6) is 5.75 Å². The molecule has 3 aromatic rings. The minimum absolute atomic E-state index is 0.173. The number of nitrogens with zero attached hydrogens (tertiary/aromatic N) is 3. The predicted molar refractivity (Wildman–Crippen MR) is 124 cm³/mol. The molecule has 0 aliphatic carbocycles. The van der Waals surface area contributed by atoms with E-state index in [0.29, 0.717) is 44.0 Å². The molecule has 1 amide bonds. The number of aliphatic hydroxyl groups is 1. The molecule has 1 aliphatic rings. The Labute approximate surface area is 187 Å². The van der Waals surface area contributed by atoms with E-state index >= 15 is 0 Å². The molecule has 0 radical (unpaired) electrons. The molecule has 1 saturated heterocycles. The van der Waals surface area contributed by atoms with Crippen LogP contribution in [-0.4, -0.2) is 59.4 Å². The van der Waals surface area contributed by atoms with E-state index in [1.165, 1.54) is 0 Å². The number of carbonyl (C=O) groups excluding carboxylic acids is 1. The summed E-state index contributed by atoms with van der Waals surface area (Å²) in [7, 11) is 0. The molecule has 3 heterocycles. The zero-order valence-corrected chi connectivity index (χ0v) is 18.3. The summed E-state index contributed by atoms with van der Waals surface area (Å²) < 4.78 is 5.56. The summed E-state index contributed by atoms with van der Waals surface area (Å²) >= 11 is 0. The van der Waals surface area contributed by atoms with Gasteiger partial charge in [0.15, 0.2) is 0 Å². The molecule has 4 N–H and O–H groups in total. The average molecular weight is 436 g/mol. The Morgan fingerprint density at radius 1 is 1.25 bits per heavy atom. The molecule has 8 nitrogen and oxygen atoms in total. The molecule has 1 fully saturated rings. The highest BCUT2D eigenvalue weighted by Crippen LogP contribution is 2.30. The number of β-amino-alcohol motifs (C(OH)–C–C–N with tert-alkyl or cyclic N) is 1. The lowest BCUT2D eigenvalue weighted by Gasteiger charge is -2.25. The summed E-state index contributed by atoms with van der Waals surface area (Å²) in [6.45, 7) is 4.34. The molecule has 2 aromatic heterocycles. The molecule has 1 aromatic carbocycles. The standard InChI is InChI=1S/C24H29N5O3/c1-17-3-8-20-22(28-17)21(9-12-26-20)29-13-10-24(31,16-29)15-27-23(30)18-4-6-19(7-5-18)32-14-2-11-25/h3-9,12,31H,2,10-11,13-16,25H2,1H3,(H,27,30). The van der Waals surface area contributed by atoms with E-state index in [1.807, 2.05) is 25.1 Å². The highest BCUT2D eigenvalue weighted by atomic mass is 16.5. The van der Waals surface area contributed by atoms with Crippen molar-refractivity contribution >= 4 is 22.6 Å². The fraction of sp³-hybridized carbons (Fsp3) is 0.375.